The third-order valence-electron chi connectivity index (χ3n) is 2.95. The minimum atomic E-state index is -0.445. The number of phenolic OH excluding ortho intramolecular Hbond substituents is 1. The first-order valence-electron chi connectivity index (χ1n) is 6.75. The van der Waals surface area contributed by atoms with Gasteiger partial charge in [0.05, 0.1) is 10.7 Å². The number of hydrogen-bond acceptors (Lipinski definition) is 4. The van der Waals surface area contributed by atoms with E-state index in [1.807, 2.05) is 6.92 Å². The number of carbonyl (C=O) groups is 1. The Balaban J connectivity index is 1.90. The van der Waals surface area contributed by atoms with Crippen LogP contribution in [-0.2, 0) is 4.79 Å². The normalized spacial score (nSPS) is 10.8. The second-order valence-electron chi connectivity index (χ2n) is 4.82. The Labute approximate surface area is 157 Å². The van der Waals surface area contributed by atoms with Crippen molar-refractivity contribution < 1.29 is 14.6 Å². The van der Waals surface area contributed by atoms with E-state index < -0.39 is 5.91 Å². The molecule has 0 saturated heterocycles. The molecule has 8 heteroatoms. The molecule has 0 saturated carbocycles. The predicted octanol–water partition coefficient (Wildman–Crippen LogP) is 4.30. The summed E-state index contributed by atoms with van der Waals surface area (Å²) in [5.41, 5.74) is 3.52. The van der Waals surface area contributed by atoms with E-state index in [0.29, 0.717) is 25.8 Å². The topological polar surface area (TPSA) is 70.9 Å². The molecule has 5 nitrogen and oxygen atoms in total. The van der Waals surface area contributed by atoms with Crippen molar-refractivity contribution in [2.75, 3.05) is 6.61 Å². The molecule has 0 aliphatic heterocycles. The standard InChI is InChI=1S/C16H13BrCl2N2O3/c1-9-4-12(2-3-14(9)19)24-8-15(22)21-20-7-10-5-11(18)6-13(17)16(10)23/h2-7,23H,8H2,1H3,(H,21,22)/b20-7+. The summed E-state index contributed by atoms with van der Waals surface area (Å²) in [6.07, 6.45) is 1.29. The first-order chi connectivity index (χ1) is 11.4. The molecule has 1 amide bonds. The quantitative estimate of drug-likeness (QED) is 0.547. The number of nitrogens with one attached hydrogen (secondary N) is 1. The lowest BCUT2D eigenvalue weighted by atomic mass is 10.2. The lowest BCUT2D eigenvalue weighted by molar-refractivity contribution is -0.123. The van der Waals surface area contributed by atoms with Crippen LogP contribution in [0.15, 0.2) is 39.9 Å². The van der Waals surface area contributed by atoms with Gasteiger partial charge in [-0.1, -0.05) is 23.2 Å². The van der Waals surface area contributed by atoms with Crippen molar-refractivity contribution in [2.24, 2.45) is 5.10 Å². The lowest BCUT2D eigenvalue weighted by Crippen LogP contribution is -2.24. The van der Waals surface area contributed by atoms with E-state index >= 15 is 0 Å². The molecule has 2 aromatic rings. The summed E-state index contributed by atoms with van der Waals surface area (Å²) in [6.45, 7) is 1.64. The fraction of sp³-hybridized carbons (Fsp3) is 0.125. The smallest absolute Gasteiger partial charge is 0.277 e. The van der Waals surface area contributed by atoms with E-state index in [0.717, 1.165) is 5.56 Å². The van der Waals surface area contributed by atoms with E-state index in [9.17, 15) is 9.90 Å². The average molecular weight is 432 g/mol. The average Bonchev–Trinajstić information content (AvgIpc) is 2.53. The summed E-state index contributed by atoms with van der Waals surface area (Å²) in [4.78, 5) is 11.7. The number of benzene rings is 2. The molecule has 0 spiro atoms. The van der Waals surface area contributed by atoms with Gasteiger partial charge in [0.2, 0.25) is 0 Å². The monoisotopic (exact) mass is 430 g/mol. The van der Waals surface area contributed by atoms with Gasteiger partial charge in [0.15, 0.2) is 6.61 Å². The van der Waals surface area contributed by atoms with Gasteiger partial charge in [-0.2, -0.15) is 5.10 Å². The van der Waals surface area contributed by atoms with Crippen molar-refractivity contribution in [3.05, 3.63) is 56.0 Å². The van der Waals surface area contributed by atoms with Gasteiger partial charge >= 0.3 is 0 Å². The molecule has 2 rings (SSSR count). The summed E-state index contributed by atoms with van der Waals surface area (Å²) < 4.78 is 5.78. The third-order valence-corrected chi connectivity index (χ3v) is 4.20. The van der Waals surface area contributed by atoms with Crippen LogP contribution in [0.5, 0.6) is 11.5 Å². The second-order valence-corrected chi connectivity index (χ2v) is 6.52. The van der Waals surface area contributed by atoms with Crippen molar-refractivity contribution in [3.63, 3.8) is 0 Å². The summed E-state index contributed by atoms with van der Waals surface area (Å²) in [6, 6.07) is 8.18. The highest BCUT2D eigenvalue weighted by atomic mass is 79.9. The molecule has 0 aromatic heterocycles. The Hall–Kier alpha value is -1.76. The Morgan fingerprint density at radius 3 is 2.83 bits per heavy atom. The van der Waals surface area contributed by atoms with Crippen molar-refractivity contribution in [1.29, 1.82) is 0 Å². The van der Waals surface area contributed by atoms with Crippen molar-refractivity contribution in [3.8, 4) is 11.5 Å². The largest absolute Gasteiger partial charge is 0.506 e. The highest BCUT2D eigenvalue weighted by Gasteiger charge is 2.06. The number of rotatable bonds is 5. The van der Waals surface area contributed by atoms with E-state index in [4.69, 9.17) is 27.9 Å². The number of amides is 1. The number of aromatic hydroxyl groups is 1. The molecule has 0 fully saturated rings. The number of hydrazone groups is 1. The molecule has 2 N–H and O–H groups in total. The van der Waals surface area contributed by atoms with Gasteiger partial charge in [-0.3, -0.25) is 4.79 Å². The zero-order chi connectivity index (χ0) is 17.7. The number of hydrogen-bond donors (Lipinski definition) is 2. The molecule has 0 atom stereocenters. The molecule has 0 aliphatic rings. The highest BCUT2D eigenvalue weighted by molar-refractivity contribution is 9.10. The van der Waals surface area contributed by atoms with Gasteiger partial charge in [0.1, 0.15) is 11.5 Å². The summed E-state index contributed by atoms with van der Waals surface area (Å²) >= 11 is 15.0. The molecular weight excluding hydrogens is 419 g/mol. The summed E-state index contributed by atoms with van der Waals surface area (Å²) in [5, 5.41) is 14.7. The lowest BCUT2D eigenvalue weighted by Gasteiger charge is -2.07. The van der Waals surface area contributed by atoms with Gasteiger partial charge in [0.25, 0.3) is 5.91 Å². The van der Waals surface area contributed by atoms with E-state index in [1.54, 1.807) is 24.3 Å². The van der Waals surface area contributed by atoms with E-state index in [-0.39, 0.29) is 12.4 Å². The van der Waals surface area contributed by atoms with Crippen LogP contribution in [-0.4, -0.2) is 23.8 Å². The van der Waals surface area contributed by atoms with Crippen LogP contribution in [0.1, 0.15) is 11.1 Å². The fourth-order valence-corrected chi connectivity index (χ4v) is 2.70. The van der Waals surface area contributed by atoms with Crippen LogP contribution >= 0.6 is 39.1 Å². The van der Waals surface area contributed by atoms with Crippen molar-refractivity contribution in [2.45, 2.75) is 6.92 Å². The molecule has 2 aromatic carbocycles. The van der Waals surface area contributed by atoms with Crippen LogP contribution in [0, 0.1) is 6.92 Å². The first kappa shape index (κ1) is 18.6. The Bertz CT molecular complexity index is 797. The van der Waals surface area contributed by atoms with Crippen LogP contribution in [0.4, 0.5) is 0 Å². The maximum Gasteiger partial charge on any atom is 0.277 e. The Morgan fingerprint density at radius 1 is 1.38 bits per heavy atom. The maximum absolute atomic E-state index is 11.7. The minimum absolute atomic E-state index is 0.0229. The molecule has 126 valence electrons. The van der Waals surface area contributed by atoms with Gasteiger partial charge in [-0.15, -0.1) is 0 Å². The molecule has 0 bridgehead atoms. The van der Waals surface area contributed by atoms with E-state index in [2.05, 4.69) is 26.5 Å². The second kappa shape index (κ2) is 8.37. The predicted molar refractivity (Wildman–Crippen MR) is 98.2 cm³/mol. The van der Waals surface area contributed by atoms with Gasteiger partial charge in [0, 0.05) is 15.6 Å². The zero-order valence-corrected chi connectivity index (χ0v) is 15.6. The van der Waals surface area contributed by atoms with Crippen LogP contribution in [0.3, 0.4) is 0 Å². The highest BCUT2D eigenvalue weighted by Crippen LogP contribution is 2.30. The number of halogens is 3. The van der Waals surface area contributed by atoms with Crippen molar-refractivity contribution in [1.82, 2.24) is 5.43 Å². The van der Waals surface area contributed by atoms with Gasteiger partial charge in [-0.05, 0) is 58.7 Å². The molecule has 24 heavy (non-hydrogen) atoms. The SMILES string of the molecule is Cc1cc(OCC(=O)N/N=C/c2cc(Cl)cc(Br)c2O)ccc1Cl. The molecule has 0 radical (unpaired) electrons. The Morgan fingerprint density at radius 2 is 2.12 bits per heavy atom. The molecule has 0 heterocycles. The van der Waals surface area contributed by atoms with E-state index in [1.165, 1.54) is 12.3 Å². The van der Waals surface area contributed by atoms with Crippen LogP contribution in [0.25, 0.3) is 0 Å². The van der Waals surface area contributed by atoms with Crippen molar-refractivity contribution >= 4 is 51.3 Å². The summed E-state index contributed by atoms with van der Waals surface area (Å²) in [7, 11) is 0. The number of nitrogens with zero attached hydrogens (tertiary/aromatic N) is 1. The fourth-order valence-electron chi connectivity index (χ4n) is 1.75. The molecular formula is C16H13BrCl2N2O3. The molecule has 0 aliphatic carbocycles. The third kappa shape index (κ3) is 5.12. The number of phenols is 1. The Kier molecular flexibility index (Phi) is 6.48. The maximum atomic E-state index is 11.7. The first-order valence-corrected chi connectivity index (χ1v) is 8.30. The number of carbonyl (C=O) groups excluding carboxylic acids is 1. The summed E-state index contributed by atoms with van der Waals surface area (Å²) in [5.74, 6) is 0.0668. The minimum Gasteiger partial charge on any atom is -0.506 e. The molecule has 0 unspecified atom stereocenters. The van der Waals surface area contributed by atoms with Crippen LogP contribution < -0.4 is 10.2 Å². The zero-order valence-electron chi connectivity index (χ0n) is 12.5. The number of aryl methyl sites for hydroxylation is 1. The number of ether oxygens (including phenoxy) is 1. The van der Waals surface area contributed by atoms with Gasteiger partial charge in [-0.25, -0.2) is 5.43 Å². The van der Waals surface area contributed by atoms with Crippen LogP contribution in [0.2, 0.25) is 10.0 Å². The van der Waals surface area contributed by atoms with Gasteiger partial charge < -0.3 is 9.84 Å².